The second-order valence-electron chi connectivity index (χ2n) is 3.40. The first kappa shape index (κ1) is 10.5. The zero-order chi connectivity index (χ0) is 11.6. The molecule has 0 bridgehead atoms. The van der Waals surface area contributed by atoms with Crippen molar-refractivity contribution in [2.45, 2.75) is 5.92 Å². The average Bonchev–Trinajstić information content (AvgIpc) is 2.30. The molecule has 4 heteroatoms. The van der Waals surface area contributed by atoms with E-state index in [4.69, 9.17) is 5.73 Å². The highest BCUT2D eigenvalue weighted by atomic mass is 19.3. The predicted molar refractivity (Wildman–Crippen MR) is 58.1 cm³/mol. The standard InChI is InChI=1S/C12H10F2N2/c13-12(14,9-4-2-1-3-5-9)10-6-7-16-8-11(10)15/h1-8H,15H2. The number of pyridine rings is 1. The Balaban J connectivity index is 2.51. The third-order valence-corrected chi connectivity index (χ3v) is 2.33. The molecule has 0 saturated heterocycles. The summed E-state index contributed by atoms with van der Waals surface area (Å²) in [5.41, 5.74) is 5.21. The van der Waals surface area contributed by atoms with Gasteiger partial charge in [0.1, 0.15) is 0 Å². The monoisotopic (exact) mass is 220 g/mol. The van der Waals surface area contributed by atoms with Gasteiger partial charge < -0.3 is 5.73 Å². The highest BCUT2D eigenvalue weighted by Gasteiger charge is 2.35. The van der Waals surface area contributed by atoms with Crippen LogP contribution in [0.2, 0.25) is 0 Å². The Morgan fingerprint density at radius 3 is 2.38 bits per heavy atom. The normalized spacial score (nSPS) is 11.4. The van der Waals surface area contributed by atoms with Gasteiger partial charge >= 0.3 is 5.92 Å². The molecule has 0 radical (unpaired) electrons. The first-order chi connectivity index (χ1) is 7.62. The van der Waals surface area contributed by atoms with Gasteiger partial charge in [-0.05, 0) is 6.07 Å². The van der Waals surface area contributed by atoms with Crippen molar-refractivity contribution in [2.75, 3.05) is 5.73 Å². The van der Waals surface area contributed by atoms with Gasteiger partial charge in [0.2, 0.25) is 0 Å². The second-order valence-corrected chi connectivity index (χ2v) is 3.40. The van der Waals surface area contributed by atoms with Crippen molar-refractivity contribution in [2.24, 2.45) is 0 Å². The Bertz CT molecular complexity index is 483. The quantitative estimate of drug-likeness (QED) is 0.845. The summed E-state index contributed by atoms with van der Waals surface area (Å²) in [7, 11) is 0. The van der Waals surface area contributed by atoms with E-state index in [-0.39, 0.29) is 16.8 Å². The largest absolute Gasteiger partial charge is 0.397 e. The van der Waals surface area contributed by atoms with Crippen molar-refractivity contribution in [1.29, 1.82) is 0 Å². The molecule has 82 valence electrons. The molecular weight excluding hydrogens is 210 g/mol. The number of hydrogen-bond acceptors (Lipinski definition) is 2. The molecule has 0 unspecified atom stereocenters. The third-order valence-electron chi connectivity index (χ3n) is 2.33. The Labute approximate surface area is 91.7 Å². The first-order valence-corrected chi connectivity index (χ1v) is 4.75. The van der Waals surface area contributed by atoms with E-state index in [1.165, 1.54) is 30.6 Å². The van der Waals surface area contributed by atoms with Gasteiger partial charge in [0.25, 0.3) is 0 Å². The first-order valence-electron chi connectivity index (χ1n) is 4.75. The molecule has 0 aliphatic heterocycles. The fourth-order valence-corrected chi connectivity index (χ4v) is 1.50. The van der Waals surface area contributed by atoms with E-state index in [0.717, 1.165) is 0 Å². The minimum absolute atomic E-state index is 0.00338. The van der Waals surface area contributed by atoms with E-state index in [9.17, 15) is 8.78 Å². The highest BCUT2D eigenvalue weighted by molar-refractivity contribution is 5.50. The Morgan fingerprint density at radius 1 is 1.06 bits per heavy atom. The van der Waals surface area contributed by atoms with Crippen LogP contribution in [-0.2, 0) is 5.92 Å². The second kappa shape index (κ2) is 3.89. The van der Waals surface area contributed by atoms with Gasteiger partial charge in [0.15, 0.2) is 0 Å². The average molecular weight is 220 g/mol. The van der Waals surface area contributed by atoms with E-state index in [1.807, 2.05) is 0 Å². The molecule has 0 spiro atoms. The molecule has 2 N–H and O–H groups in total. The van der Waals surface area contributed by atoms with Crippen molar-refractivity contribution < 1.29 is 8.78 Å². The smallest absolute Gasteiger partial charge is 0.300 e. The van der Waals surface area contributed by atoms with Gasteiger partial charge in [0, 0.05) is 11.8 Å². The van der Waals surface area contributed by atoms with Gasteiger partial charge in [0.05, 0.1) is 17.4 Å². The number of halogens is 2. The van der Waals surface area contributed by atoms with E-state index >= 15 is 0 Å². The molecular formula is C12H10F2N2. The zero-order valence-corrected chi connectivity index (χ0v) is 8.40. The molecule has 0 saturated carbocycles. The SMILES string of the molecule is Nc1cnccc1C(F)(F)c1ccccc1. The summed E-state index contributed by atoms with van der Waals surface area (Å²) in [5, 5.41) is 0. The number of nitrogen functional groups attached to an aromatic ring is 1. The lowest BCUT2D eigenvalue weighted by atomic mass is 10.0. The van der Waals surface area contributed by atoms with Crippen molar-refractivity contribution in [3.8, 4) is 0 Å². The molecule has 0 fully saturated rings. The lowest BCUT2D eigenvalue weighted by molar-refractivity contribution is 0.0436. The number of nitrogens with zero attached hydrogens (tertiary/aromatic N) is 1. The van der Waals surface area contributed by atoms with Gasteiger partial charge in [-0.25, -0.2) is 0 Å². The fourth-order valence-electron chi connectivity index (χ4n) is 1.50. The molecule has 2 nitrogen and oxygen atoms in total. The highest BCUT2D eigenvalue weighted by Crippen LogP contribution is 2.37. The zero-order valence-electron chi connectivity index (χ0n) is 8.40. The predicted octanol–water partition coefficient (Wildman–Crippen LogP) is 2.80. The maximum Gasteiger partial charge on any atom is 0.300 e. The molecule has 1 heterocycles. The molecule has 0 atom stereocenters. The summed E-state index contributed by atoms with van der Waals surface area (Å²) in [6, 6.07) is 8.82. The van der Waals surface area contributed by atoms with Gasteiger partial charge in [-0.15, -0.1) is 0 Å². The van der Waals surface area contributed by atoms with E-state index in [0.29, 0.717) is 0 Å². The lowest BCUT2D eigenvalue weighted by Gasteiger charge is -2.18. The number of hydrogen-bond donors (Lipinski definition) is 1. The van der Waals surface area contributed by atoms with E-state index < -0.39 is 5.92 Å². The maximum atomic E-state index is 14.0. The van der Waals surface area contributed by atoms with Crippen LogP contribution in [0.15, 0.2) is 48.8 Å². The van der Waals surface area contributed by atoms with Crippen LogP contribution < -0.4 is 5.73 Å². The molecule has 16 heavy (non-hydrogen) atoms. The molecule has 0 amide bonds. The van der Waals surface area contributed by atoms with E-state index in [2.05, 4.69) is 4.98 Å². The van der Waals surface area contributed by atoms with Crippen molar-refractivity contribution >= 4 is 5.69 Å². The van der Waals surface area contributed by atoms with Crippen molar-refractivity contribution in [3.05, 3.63) is 59.9 Å². The number of rotatable bonds is 2. The Kier molecular flexibility index (Phi) is 2.56. The van der Waals surface area contributed by atoms with Crippen LogP contribution in [0.25, 0.3) is 0 Å². The molecule has 1 aromatic carbocycles. The summed E-state index contributed by atoms with van der Waals surface area (Å²) in [5.74, 6) is -3.09. The molecule has 2 aromatic rings. The van der Waals surface area contributed by atoms with Crippen LogP contribution >= 0.6 is 0 Å². The van der Waals surface area contributed by atoms with Gasteiger partial charge in [-0.1, -0.05) is 30.3 Å². The number of anilines is 1. The summed E-state index contributed by atoms with van der Waals surface area (Å²) in [4.78, 5) is 3.69. The van der Waals surface area contributed by atoms with Crippen molar-refractivity contribution in [3.63, 3.8) is 0 Å². The summed E-state index contributed by atoms with van der Waals surface area (Å²) >= 11 is 0. The van der Waals surface area contributed by atoms with Crippen LogP contribution in [0.5, 0.6) is 0 Å². The summed E-state index contributed by atoms with van der Waals surface area (Å²) in [6.07, 6.45) is 2.54. The number of alkyl halides is 2. The van der Waals surface area contributed by atoms with Crippen LogP contribution in [0, 0.1) is 0 Å². The summed E-state index contributed by atoms with van der Waals surface area (Å²) < 4.78 is 28.1. The number of aromatic nitrogens is 1. The van der Waals surface area contributed by atoms with Crippen LogP contribution in [0.3, 0.4) is 0 Å². The molecule has 0 aliphatic carbocycles. The Morgan fingerprint density at radius 2 is 1.75 bits per heavy atom. The van der Waals surface area contributed by atoms with Gasteiger partial charge in [-0.3, -0.25) is 4.98 Å². The number of nitrogens with two attached hydrogens (primary N) is 1. The Hall–Kier alpha value is -1.97. The fraction of sp³-hybridized carbons (Fsp3) is 0.0833. The summed E-state index contributed by atoms with van der Waals surface area (Å²) in [6.45, 7) is 0. The minimum atomic E-state index is -3.09. The molecule has 0 aliphatic rings. The van der Waals surface area contributed by atoms with E-state index in [1.54, 1.807) is 18.2 Å². The minimum Gasteiger partial charge on any atom is -0.397 e. The molecule has 1 aromatic heterocycles. The van der Waals surface area contributed by atoms with Gasteiger partial charge in [-0.2, -0.15) is 8.78 Å². The third kappa shape index (κ3) is 1.74. The van der Waals surface area contributed by atoms with Crippen LogP contribution in [0.1, 0.15) is 11.1 Å². The lowest BCUT2D eigenvalue weighted by Crippen LogP contribution is -2.17. The number of benzene rings is 1. The van der Waals surface area contributed by atoms with Crippen LogP contribution in [-0.4, -0.2) is 4.98 Å². The topological polar surface area (TPSA) is 38.9 Å². The van der Waals surface area contributed by atoms with Crippen LogP contribution in [0.4, 0.5) is 14.5 Å². The molecule has 2 rings (SSSR count). The van der Waals surface area contributed by atoms with Crippen molar-refractivity contribution in [1.82, 2.24) is 4.98 Å². The maximum absolute atomic E-state index is 14.0.